The number of carbonyl (C=O) groups is 1. The Hall–Kier alpha value is -3.45. The second kappa shape index (κ2) is 12.0. The number of ketones is 1. The number of hydrogen-bond acceptors (Lipinski definition) is 7. The monoisotopic (exact) mass is 696 g/mol. The van der Waals surface area contributed by atoms with Gasteiger partial charge in [0, 0.05) is 63.5 Å². The molecule has 0 saturated carbocycles. The van der Waals surface area contributed by atoms with Gasteiger partial charge in [-0.15, -0.1) is 0 Å². The van der Waals surface area contributed by atoms with Gasteiger partial charge >= 0.3 is 0 Å². The van der Waals surface area contributed by atoms with E-state index in [0.29, 0.717) is 47.4 Å². The van der Waals surface area contributed by atoms with Gasteiger partial charge in [0.25, 0.3) is 0 Å². The largest absolute Gasteiger partial charge is 0.368 e. The van der Waals surface area contributed by atoms with Crippen LogP contribution in [0.2, 0.25) is 10.0 Å². The summed E-state index contributed by atoms with van der Waals surface area (Å²) in [5.41, 5.74) is 3.38. The molecular formula is C33H30Cl2N4O5S2. The van der Waals surface area contributed by atoms with E-state index in [0.717, 1.165) is 11.4 Å². The minimum Gasteiger partial charge on any atom is -0.368 e. The van der Waals surface area contributed by atoms with E-state index in [4.69, 9.17) is 23.2 Å². The van der Waals surface area contributed by atoms with Gasteiger partial charge in [-0.3, -0.25) is 4.79 Å². The number of benzene rings is 4. The third kappa shape index (κ3) is 5.38. The fourth-order valence-electron chi connectivity index (χ4n) is 6.41. The Bertz CT molecular complexity index is 1930. The van der Waals surface area contributed by atoms with E-state index in [2.05, 4.69) is 9.80 Å². The summed E-state index contributed by atoms with van der Waals surface area (Å²) in [5, 5.41) is 1.23. The smallest absolute Gasteiger partial charge is 0.243 e. The van der Waals surface area contributed by atoms with E-state index in [1.807, 2.05) is 48.5 Å². The standard InChI is InChI=1S/C33H30Cl2N4O5S2/c34-29-5-1-3-7-31(29)36-13-17-38(18-14-36)45(41,42)23-9-11-25-26-12-10-24(22-28(26)33(40)27(25)21-23)46(43,44)39-19-15-37(16-20-39)32-8-4-2-6-30(32)35/h1-12,21-22H,13-20H2. The van der Waals surface area contributed by atoms with Crippen LogP contribution < -0.4 is 9.80 Å². The molecule has 0 N–H and O–H groups in total. The van der Waals surface area contributed by atoms with Crippen molar-refractivity contribution in [2.45, 2.75) is 9.79 Å². The molecule has 0 bridgehead atoms. The molecule has 4 aromatic carbocycles. The third-order valence-corrected chi connectivity index (χ3v) is 13.3. The lowest BCUT2D eigenvalue weighted by atomic mass is 10.1. The van der Waals surface area contributed by atoms with Crippen LogP contribution in [0.25, 0.3) is 11.1 Å². The highest BCUT2D eigenvalue weighted by Gasteiger charge is 2.35. The van der Waals surface area contributed by atoms with Gasteiger partial charge in [-0.05, 0) is 59.7 Å². The first-order valence-corrected chi connectivity index (χ1v) is 18.5. The van der Waals surface area contributed by atoms with Crippen LogP contribution in [0, 0.1) is 0 Å². The molecule has 13 heteroatoms. The average Bonchev–Trinajstić information content (AvgIpc) is 3.35. The SMILES string of the molecule is O=C1c2cc(S(=O)(=O)N3CCN(c4ccccc4Cl)CC3)ccc2-c2ccc(S(=O)(=O)N3CCN(c4ccccc4Cl)CC3)cc21. The van der Waals surface area contributed by atoms with Gasteiger partial charge in [0.05, 0.1) is 31.2 Å². The minimum atomic E-state index is -3.88. The molecule has 46 heavy (non-hydrogen) atoms. The van der Waals surface area contributed by atoms with Crippen molar-refractivity contribution in [2.75, 3.05) is 62.2 Å². The van der Waals surface area contributed by atoms with Crippen molar-refractivity contribution in [3.8, 4) is 11.1 Å². The van der Waals surface area contributed by atoms with Crippen molar-refractivity contribution in [2.24, 2.45) is 0 Å². The molecule has 0 amide bonds. The van der Waals surface area contributed by atoms with E-state index in [-0.39, 0.29) is 47.1 Å². The molecule has 9 nitrogen and oxygen atoms in total. The maximum Gasteiger partial charge on any atom is 0.243 e. The Kier molecular flexibility index (Phi) is 8.11. The van der Waals surface area contributed by atoms with Crippen molar-refractivity contribution < 1.29 is 21.6 Å². The van der Waals surface area contributed by atoms with Crippen molar-refractivity contribution in [1.82, 2.24) is 8.61 Å². The van der Waals surface area contributed by atoms with Crippen LogP contribution in [0.5, 0.6) is 0 Å². The molecule has 0 radical (unpaired) electrons. The maximum atomic E-state index is 13.6. The molecule has 3 aliphatic rings. The minimum absolute atomic E-state index is 0.0304. The normalized spacial score (nSPS) is 17.7. The van der Waals surface area contributed by atoms with Gasteiger partial charge < -0.3 is 9.80 Å². The summed E-state index contributed by atoms with van der Waals surface area (Å²) < 4.78 is 57.4. The number of halogens is 2. The zero-order valence-electron chi connectivity index (χ0n) is 24.6. The molecule has 2 aliphatic heterocycles. The van der Waals surface area contributed by atoms with Crippen molar-refractivity contribution >= 4 is 60.4 Å². The predicted molar refractivity (Wildman–Crippen MR) is 180 cm³/mol. The van der Waals surface area contributed by atoms with E-state index in [9.17, 15) is 21.6 Å². The highest BCUT2D eigenvalue weighted by Crippen LogP contribution is 2.40. The molecule has 2 saturated heterocycles. The molecule has 0 unspecified atom stereocenters. The number of sulfonamides is 2. The molecule has 2 fully saturated rings. The molecule has 0 atom stereocenters. The first-order chi connectivity index (χ1) is 22.1. The quantitative estimate of drug-likeness (QED) is 0.240. The van der Waals surface area contributed by atoms with E-state index in [1.54, 1.807) is 12.1 Å². The number of piperazine rings is 2. The van der Waals surface area contributed by atoms with Crippen molar-refractivity contribution in [3.63, 3.8) is 0 Å². The topological polar surface area (TPSA) is 98.3 Å². The molecular weight excluding hydrogens is 667 g/mol. The van der Waals surface area contributed by atoms with Gasteiger partial charge in [0.1, 0.15) is 0 Å². The fraction of sp³-hybridized carbons (Fsp3) is 0.242. The highest BCUT2D eigenvalue weighted by atomic mass is 35.5. The predicted octanol–water partition coefficient (Wildman–Crippen LogP) is 5.23. The Morgan fingerprint density at radius 1 is 0.478 bits per heavy atom. The van der Waals surface area contributed by atoms with Crippen LogP contribution in [0.3, 0.4) is 0 Å². The van der Waals surface area contributed by atoms with Crippen LogP contribution in [0.1, 0.15) is 15.9 Å². The van der Waals surface area contributed by atoms with Crippen LogP contribution in [0.15, 0.2) is 94.7 Å². The van der Waals surface area contributed by atoms with Crippen molar-refractivity contribution in [3.05, 3.63) is 106 Å². The summed E-state index contributed by atoms with van der Waals surface area (Å²) >= 11 is 12.7. The Labute approximate surface area is 278 Å². The summed E-state index contributed by atoms with van der Waals surface area (Å²) in [6.45, 7) is 2.99. The van der Waals surface area contributed by atoms with Gasteiger partial charge in [0.15, 0.2) is 5.78 Å². The van der Waals surface area contributed by atoms with E-state index >= 15 is 0 Å². The molecule has 7 rings (SSSR count). The second-order valence-electron chi connectivity index (χ2n) is 11.4. The molecule has 0 aromatic heterocycles. The summed E-state index contributed by atoms with van der Waals surface area (Å²) in [6, 6.07) is 24.1. The molecule has 4 aromatic rings. The maximum absolute atomic E-state index is 13.6. The Balaban J connectivity index is 1.07. The number of para-hydroxylation sites is 2. The number of carbonyl (C=O) groups excluding carboxylic acids is 1. The van der Waals surface area contributed by atoms with Gasteiger partial charge in [-0.2, -0.15) is 8.61 Å². The van der Waals surface area contributed by atoms with Crippen LogP contribution in [-0.4, -0.2) is 83.6 Å². The van der Waals surface area contributed by atoms with E-state index < -0.39 is 25.8 Å². The van der Waals surface area contributed by atoms with Crippen LogP contribution in [0.4, 0.5) is 11.4 Å². The number of rotatable bonds is 6. The van der Waals surface area contributed by atoms with Crippen LogP contribution in [-0.2, 0) is 20.0 Å². The lowest BCUT2D eigenvalue weighted by Crippen LogP contribution is -2.48. The Morgan fingerprint density at radius 2 is 0.848 bits per heavy atom. The van der Waals surface area contributed by atoms with E-state index in [1.165, 1.54) is 32.9 Å². The summed E-state index contributed by atoms with van der Waals surface area (Å²) in [5.74, 6) is -0.397. The summed E-state index contributed by atoms with van der Waals surface area (Å²) in [4.78, 5) is 17.8. The molecule has 2 heterocycles. The summed E-state index contributed by atoms with van der Waals surface area (Å²) in [6.07, 6.45) is 0. The van der Waals surface area contributed by atoms with Gasteiger partial charge in [-0.1, -0.05) is 59.6 Å². The average molecular weight is 698 g/mol. The Morgan fingerprint density at radius 3 is 1.22 bits per heavy atom. The zero-order chi connectivity index (χ0) is 32.2. The number of fused-ring (bicyclic) bond motifs is 3. The number of nitrogens with zero attached hydrogens (tertiary/aromatic N) is 4. The molecule has 0 spiro atoms. The highest BCUT2D eigenvalue weighted by molar-refractivity contribution is 7.89. The summed E-state index contributed by atoms with van der Waals surface area (Å²) in [7, 11) is -7.75. The fourth-order valence-corrected chi connectivity index (χ4v) is 9.82. The zero-order valence-corrected chi connectivity index (χ0v) is 27.8. The van der Waals surface area contributed by atoms with Gasteiger partial charge in [0.2, 0.25) is 20.0 Å². The first-order valence-electron chi connectivity index (χ1n) is 14.9. The second-order valence-corrected chi connectivity index (χ2v) is 16.1. The third-order valence-electron chi connectivity index (χ3n) is 8.90. The van der Waals surface area contributed by atoms with Crippen molar-refractivity contribution in [1.29, 1.82) is 0 Å². The lowest BCUT2D eigenvalue weighted by Gasteiger charge is -2.35. The molecule has 1 aliphatic carbocycles. The molecule has 238 valence electrons. The number of hydrogen-bond donors (Lipinski definition) is 0. The lowest BCUT2D eigenvalue weighted by molar-refractivity contribution is 0.104. The van der Waals surface area contributed by atoms with Crippen LogP contribution >= 0.6 is 23.2 Å². The first kappa shape index (κ1) is 31.2. The van der Waals surface area contributed by atoms with Gasteiger partial charge in [-0.25, -0.2) is 16.8 Å². The number of anilines is 2.